The Morgan fingerprint density at radius 3 is 2.26 bits per heavy atom. The highest BCUT2D eigenvalue weighted by Crippen LogP contribution is 2.34. The average Bonchev–Trinajstić information content (AvgIpc) is 2.89. The first-order valence-corrected chi connectivity index (χ1v) is 8.79. The Kier molecular flexibility index (Phi) is 5.08. The molecule has 1 aliphatic heterocycles. The van der Waals surface area contributed by atoms with E-state index in [0.717, 1.165) is 16.7 Å². The van der Waals surface area contributed by atoms with Crippen LogP contribution in [-0.4, -0.2) is 32.1 Å². The Hall–Kier alpha value is -3.02. The van der Waals surface area contributed by atoms with Crippen molar-refractivity contribution < 1.29 is 19.1 Å². The molecule has 0 unspecified atom stereocenters. The van der Waals surface area contributed by atoms with Crippen LogP contribution in [0.4, 0.5) is 11.4 Å². The Morgan fingerprint density at radius 2 is 1.67 bits per heavy atom. The molecule has 6 nitrogen and oxygen atoms in total. The minimum atomic E-state index is -0.639. The van der Waals surface area contributed by atoms with Gasteiger partial charge in [-0.1, -0.05) is 17.7 Å². The molecule has 0 aliphatic carbocycles. The third kappa shape index (κ3) is 3.47. The topological polar surface area (TPSA) is 67.9 Å². The zero-order valence-electron chi connectivity index (χ0n) is 16.3. The maximum Gasteiger partial charge on any atom is 0.256 e. The molecule has 142 valence electrons. The van der Waals surface area contributed by atoms with Crippen LogP contribution in [0.25, 0.3) is 0 Å². The molecule has 2 aromatic carbocycles. The van der Waals surface area contributed by atoms with Crippen molar-refractivity contribution in [2.75, 3.05) is 24.4 Å². The number of benzene rings is 2. The second kappa shape index (κ2) is 7.31. The summed E-state index contributed by atoms with van der Waals surface area (Å²) >= 11 is 0. The second-order valence-electron chi connectivity index (χ2n) is 6.78. The van der Waals surface area contributed by atoms with Crippen LogP contribution in [0.1, 0.15) is 23.1 Å². The molecule has 0 radical (unpaired) electrons. The van der Waals surface area contributed by atoms with E-state index in [0.29, 0.717) is 22.9 Å². The Balaban J connectivity index is 1.89. The first kappa shape index (κ1) is 18.8. The van der Waals surface area contributed by atoms with E-state index in [1.165, 1.54) is 4.90 Å². The first-order valence-electron chi connectivity index (χ1n) is 8.79. The third-order valence-corrected chi connectivity index (χ3v) is 4.74. The van der Waals surface area contributed by atoms with Gasteiger partial charge in [-0.25, -0.2) is 4.90 Å². The molecule has 1 atom stereocenters. The Morgan fingerprint density at radius 1 is 1.00 bits per heavy atom. The summed E-state index contributed by atoms with van der Waals surface area (Å²) in [4.78, 5) is 27.0. The van der Waals surface area contributed by atoms with Crippen molar-refractivity contribution in [2.45, 2.75) is 33.2 Å². The molecule has 0 bridgehead atoms. The molecule has 1 N–H and O–H groups in total. The van der Waals surface area contributed by atoms with Crippen LogP contribution >= 0.6 is 0 Å². The highest BCUT2D eigenvalue weighted by molar-refractivity contribution is 6.23. The van der Waals surface area contributed by atoms with Gasteiger partial charge < -0.3 is 14.8 Å². The normalized spacial score (nSPS) is 16.6. The van der Waals surface area contributed by atoms with Crippen molar-refractivity contribution in [3.05, 3.63) is 47.0 Å². The van der Waals surface area contributed by atoms with Gasteiger partial charge in [-0.3, -0.25) is 9.59 Å². The molecular formula is C21H24N2O4. The summed E-state index contributed by atoms with van der Waals surface area (Å²) in [6.07, 6.45) is 0.0980. The lowest BCUT2D eigenvalue weighted by atomic mass is 10.0. The number of anilines is 2. The lowest BCUT2D eigenvalue weighted by molar-refractivity contribution is -0.121. The van der Waals surface area contributed by atoms with Gasteiger partial charge >= 0.3 is 0 Å². The van der Waals surface area contributed by atoms with Crippen LogP contribution < -0.4 is 19.7 Å². The fourth-order valence-electron chi connectivity index (χ4n) is 3.61. The summed E-state index contributed by atoms with van der Waals surface area (Å²) in [5.74, 6) is 0.738. The first-order chi connectivity index (χ1) is 12.8. The number of carbonyl (C=O) groups is 2. The van der Waals surface area contributed by atoms with Gasteiger partial charge in [-0.05, 0) is 44.0 Å². The van der Waals surface area contributed by atoms with Crippen LogP contribution in [0.5, 0.6) is 11.5 Å². The molecule has 3 rings (SSSR count). The molecule has 1 fully saturated rings. The van der Waals surface area contributed by atoms with Gasteiger partial charge in [-0.15, -0.1) is 0 Å². The monoisotopic (exact) mass is 368 g/mol. The zero-order chi connectivity index (χ0) is 19.7. The molecule has 1 aliphatic rings. The summed E-state index contributed by atoms with van der Waals surface area (Å²) in [6, 6.07) is 8.61. The number of hydrogen-bond acceptors (Lipinski definition) is 5. The minimum Gasteiger partial charge on any atom is -0.497 e. The summed E-state index contributed by atoms with van der Waals surface area (Å²) in [5, 5.41) is 3.15. The number of nitrogens with one attached hydrogen (secondary N) is 1. The quantitative estimate of drug-likeness (QED) is 0.820. The van der Waals surface area contributed by atoms with Crippen molar-refractivity contribution in [1.29, 1.82) is 0 Å². The van der Waals surface area contributed by atoms with Gasteiger partial charge in [0.15, 0.2) is 0 Å². The number of carbonyl (C=O) groups excluding carboxylic acids is 2. The Labute approximate surface area is 159 Å². The van der Waals surface area contributed by atoms with Crippen LogP contribution in [0, 0.1) is 20.8 Å². The number of rotatable bonds is 5. The van der Waals surface area contributed by atoms with Gasteiger partial charge in [-0.2, -0.15) is 0 Å². The molecule has 0 aromatic heterocycles. The smallest absolute Gasteiger partial charge is 0.256 e. The minimum absolute atomic E-state index is 0.0980. The molecule has 6 heteroatoms. The van der Waals surface area contributed by atoms with E-state index in [4.69, 9.17) is 9.47 Å². The standard InChI is InChI=1S/C21H24N2O4/c1-12-8-13(2)20(14(3)9-12)23-19(24)11-17(21(23)25)22-16-7-6-15(26-4)10-18(16)27-5/h6-10,17,22H,11H2,1-5H3/t17-/m0/s1. The number of aryl methyl sites for hydroxylation is 3. The summed E-state index contributed by atoms with van der Waals surface area (Å²) < 4.78 is 10.6. The van der Waals surface area contributed by atoms with Crippen LogP contribution in [0.15, 0.2) is 30.3 Å². The zero-order valence-corrected chi connectivity index (χ0v) is 16.3. The van der Waals surface area contributed by atoms with E-state index in [1.54, 1.807) is 32.4 Å². The molecular weight excluding hydrogens is 344 g/mol. The largest absolute Gasteiger partial charge is 0.497 e. The highest BCUT2D eigenvalue weighted by Gasteiger charge is 2.41. The van der Waals surface area contributed by atoms with E-state index in [2.05, 4.69) is 5.32 Å². The SMILES string of the molecule is COc1ccc(N[C@H]2CC(=O)N(c3c(C)cc(C)cc3C)C2=O)c(OC)c1. The predicted molar refractivity (Wildman–Crippen MR) is 105 cm³/mol. The van der Waals surface area contributed by atoms with E-state index >= 15 is 0 Å². The summed E-state index contributed by atoms with van der Waals surface area (Å²) in [5.41, 5.74) is 4.25. The molecule has 2 amide bonds. The fraction of sp³-hybridized carbons (Fsp3) is 0.333. The molecule has 2 aromatic rings. The van der Waals surface area contributed by atoms with Gasteiger partial charge in [0.05, 0.1) is 32.0 Å². The molecule has 0 spiro atoms. The molecule has 0 saturated carbocycles. The van der Waals surface area contributed by atoms with Crippen molar-refractivity contribution in [3.63, 3.8) is 0 Å². The number of amides is 2. The van der Waals surface area contributed by atoms with E-state index in [1.807, 2.05) is 32.9 Å². The maximum atomic E-state index is 13.0. The molecule has 1 heterocycles. The number of ether oxygens (including phenoxy) is 2. The lowest BCUT2D eigenvalue weighted by Gasteiger charge is -2.21. The van der Waals surface area contributed by atoms with E-state index in [-0.39, 0.29) is 18.2 Å². The van der Waals surface area contributed by atoms with Crippen LogP contribution in [0.3, 0.4) is 0 Å². The van der Waals surface area contributed by atoms with E-state index in [9.17, 15) is 9.59 Å². The fourth-order valence-corrected chi connectivity index (χ4v) is 3.61. The van der Waals surface area contributed by atoms with Crippen molar-refractivity contribution >= 4 is 23.2 Å². The lowest BCUT2D eigenvalue weighted by Crippen LogP contribution is -2.35. The third-order valence-electron chi connectivity index (χ3n) is 4.74. The summed E-state index contributed by atoms with van der Waals surface area (Å²) in [6.45, 7) is 5.84. The van der Waals surface area contributed by atoms with Gasteiger partial charge in [0.2, 0.25) is 5.91 Å². The Bertz CT molecular complexity index is 884. The van der Waals surface area contributed by atoms with Crippen molar-refractivity contribution in [2.24, 2.45) is 0 Å². The van der Waals surface area contributed by atoms with Crippen LogP contribution in [-0.2, 0) is 9.59 Å². The number of hydrogen-bond donors (Lipinski definition) is 1. The van der Waals surface area contributed by atoms with Gasteiger partial charge in [0.25, 0.3) is 5.91 Å². The molecule has 1 saturated heterocycles. The predicted octanol–water partition coefficient (Wildman–Crippen LogP) is 3.37. The van der Waals surface area contributed by atoms with E-state index < -0.39 is 6.04 Å². The number of nitrogens with zero attached hydrogens (tertiary/aromatic N) is 1. The van der Waals surface area contributed by atoms with Gasteiger partial charge in [0, 0.05) is 6.07 Å². The number of methoxy groups -OCH3 is 2. The maximum absolute atomic E-state index is 13.0. The van der Waals surface area contributed by atoms with Gasteiger partial charge in [0.1, 0.15) is 17.5 Å². The molecule has 27 heavy (non-hydrogen) atoms. The van der Waals surface area contributed by atoms with Crippen molar-refractivity contribution in [1.82, 2.24) is 0 Å². The van der Waals surface area contributed by atoms with Crippen LogP contribution in [0.2, 0.25) is 0 Å². The second-order valence-corrected chi connectivity index (χ2v) is 6.78. The average molecular weight is 368 g/mol. The highest BCUT2D eigenvalue weighted by atomic mass is 16.5. The summed E-state index contributed by atoms with van der Waals surface area (Å²) in [7, 11) is 3.12. The van der Waals surface area contributed by atoms with Crippen molar-refractivity contribution in [3.8, 4) is 11.5 Å². The number of imide groups is 1.